The van der Waals surface area contributed by atoms with Gasteiger partial charge in [0.25, 0.3) is 0 Å². The van der Waals surface area contributed by atoms with E-state index in [-0.39, 0.29) is 5.33 Å². The van der Waals surface area contributed by atoms with Crippen molar-refractivity contribution in [2.24, 2.45) is 0 Å². The second-order valence-electron chi connectivity index (χ2n) is 1.14. The monoisotopic (exact) mass is 264 g/mol. The zero-order chi connectivity index (χ0) is 6.78. The minimum absolute atomic E-state index is 0.177. The standard InChI is InChI=1S/C3H3Br2ClO2/c4-1-3(5,6)2(7)8/h1H2,(H,7,8). The highest BCUT2D eigenvalue weighted by molar-refractivity contribution is 9.13. The number of halogens is 3. The Balaban J connectivity index is 3.91. The van der Waals surface area contributed by atoms with Gasteiger partial charge in [-0.2, -0.15) is 0 Å². The number of carboxylic acids is 1. The Hall–Kier alpha value is 0.720. The van der Waals surface area contributed by atoms with Crippen molar-refractivity contribution in [1.29, 1.82) is 0 Å². The molecule has 5 heteroatoms. The quantitative estimate of drug-likeness (QED) is 0.774. The normalized spacial score (nSPS) is 17.4. The third-order valence-corrected chi connectivity index (χ3v) is 3.31. The molecule has 0 fully saturated rings. The number of rotatable bonds is 2. The zero-order valence-corrected chi connectivity index (χ0v) is 7.62. The van der Waals surface area contributed by atoms with E-state index in [1.807, 2.05) is 0 Å². The first-order valence-corrected chi connectivity index (χ1v) is 3.97. The highest BCUT2D eigenvalue weighted by atomic mass is 79.9. The topological polar surface area (TPSA) is 37.3 Å². The lowest BCUT2D eigenvalue weighted by molar-refractivity contribution is -0.136. The molecule has 0 saturated carbocycles. The Kier molecular flexibility index (Phi) is 3.31. The lowest BCUT2D eigenvalue weighted by atomic mass is 10.5. The Morgan fingerprint density at radius 3 is 2.25 bits per heavy atom. The van der Waals surface area contributed by atoms with E-state index in [0.29, 0.717) is 0 Å². The lowest BCUT2D eigenvalue weighted by Gasteiger charge is -2.07. The third-order valence-electron chi connectivity index (χ3n) is 0.481. The minimum Gasteiger partial charge on any atom is -0.479 e. The lowest BCUT2D eigenvalue weighted by Crippen LogP contribution is -2.26. The molecule has 2 nitrogen and oxygen atoms in total. The average Bonchev–Trinajstić information content (AvgIpc) is 1.67. The Morgan fingerprint density at radius 2 is 2.25 bits per heavy atom. The summed E-state index contributed by atoms with van der Waals surface area (Å²) in [5.41, 5.74) is 0. The molecule has 1 atom stereocenters. The average molecular weight is 266 g/mol. The summed E-state index contributed by atoms with van der Waals surface area (Å²) in [6.07, 6.45) is 0. The van der Waals surface area contributed by atoms with Crippen molar-refractivity contribution in [3.05, 3.63) is 0 Å². The molecule has 0 spiro atoms. The maximum Gasteiger partial charge on any atom is 0.336 e. The molecule has 8 heavy (non-hydrogen) atoms. The van der Waals surface area contributed by atoms with Crippen LogP contribution in [0.1, 0.15) is 0 Å². The van der Waals surface area contributed by atoms with Crippen molar-refractivity contribution in [3.63, 3.8) is 0 Å². The number of aliphatic carboxylic acids is 1. The molecule has 1 unspecified atom stereocenters. The fourth-order valence-corrected chi connectivity index (χ4v) is 0.297. The van der Waals surface area contributed by atoms with Crippen LogP contribution in [0.3, 0.4) is 0 Å². The molecular formula is C3H3Br2ClO2. The van der Waals surface area contributed by atoms with Gasteiger partial charge in [-0.15, -0.1) is 0 Å². The molecule has 0 bridgehead atoms. The summed E-state index contributed by atoms with van der Waals surface area (Å²) in [5, 5.41) is 8.41. The largest absolute Gasteiger partial charge is 0.479 e. The van der Waals surface area contributed by atoms with Crippen LogP contribution < -0.4 is 0 Å². The van der Waals surface area contributed by atoms with E-state index in [2.05, 4.69) is 31.9 Å². The molecule has 0 aliphatic carbocycles. The third kappa shape index (κ3) is 2.33. The van der Waals surface area contributed by atoms with Crippen LogP contribution in [0.4, 0.5) is 0 Å². The molecular weight excluding hydrogens is 263 g/mol. The fraction of sp³-hybridized carbons (Fsp3) is 0.667. The fourth-order valence-electron chi connectivity index (χ4n) is 0.0572. The Labute approximate surface area is 68.5 Å². The van der Waals surface area contributed by atoms with Crippen molar-refractivity contribution >= 4 is 49.4 Å². The van der Waals surface area contributed by atoms with Gasteiger partial charge in [-0.3, -0.25) is 0 Å². The highest BCUT2D eigenvalue weighted by Gasteiger charge is 2.30. The van der Waals surface area contributed by atoms with Gasteiger partial charge in [0.05, 0.1) is 0 Å². The van der Waals surface area contributed by atoms with E-state index in [1.165, 1.54) is 0 Å². The summed E-state index contributed by atoms with van der Waals surface area (Å²) in [6.45, 7) is 0. The number of hydrogen-bond acceptors (Lipinski definition) is 1. The van der Waals surface area contributed by atoms with Gasteiger partial charge in [0.1, 0.15) is 0 Å². The predicted octanol–water partition coefficient (Wildman–Crippen LogP) is 1.80. The molecule has 0 aromatic rings. The number of carboxylic acid groups (broad SMARTS) is 1. The second kappa shape index (κ2) is 3.03. The van der Waals surface area contributed by atoms with Crippen molar-refractivity contribution in [3.8, 4) is 0 Å². The van der Waals surface area contributed by atoms with Gasteiger partial charge in [-0.05, 0) is 0 Å². The van der Waals surface area contributed by atoms with Gasteiger partial charge in [0, 0.05) is 5.33 Å². The van der Waals surface area contributed by atoms with Crippen molar-refractivity contribution < 1.29 is 9.90 Å². The summed E-state index contributed by atoms with van der Waals surface area (Å²) in [5.74, 6) is -1.09. The molecule has 0 aliphatic heterocycles. The maximum atomic E-state index is 10.0. The molecule has 0 heterocycles. The summed E-state index contributed by atoms with van der Waals surface area (Å²) in [7, 11) is 0. The first-order valence-electron chi connectivity index (χ1n) is 1.68. The first kappa shape index (κ1) is 8.72. The SMILES string of the molecule is O=C(O)C(Cl)(Br)CBr. The summed E-state index contributed by atoms with van der Waals surface area (Å²) in [4.78, 5) is 10.0. The molecule has 48 valence electrons. The number of hydrogen-bond donors (Lipinski definition) is 1. The zero-order valence-electron chi connectivity index (χ0n) is 3.70. The van der Waals surface area contributed by atoms with Crippen LogP contribution >= 0.6 is 43.5 Å². The molecule has 0 aromatic heterocycles. The molecule has 0 amide bonds. The molecule has 0 aliphatic rings. The summed E-state index contributed by atoms with van der Waals surface area (Å²) in [6, 6.07) is 0. The van der Waals surface area contributed by atoms with Crippen molar-refractivity contribution in [1.82, 2.24) is 0 Å². The minimum atomic E-state index is -1.34. The number of carbonyl (C=O) groups is 1. The predicted molar refractivity (Wildman–Crippen MR) is 38.9 cm³/mol. The van der Waals surface area contributed by atoms with Gasteiger partial charge >= 0.3 is 5.97 Å². The second-order valence-corrected chi connectivity index (χ2v) is 4.16. The highest BCUT2D eigenvalue weighted by Crippen LogP contribution is 2.25. The van der Waals surface area contributed by atoms with E-state index >= 15 is 0 Å². The van der Waals surface area contributed by atoms with Crippen LogP contribution in [-0.2, 0) is 4.79 Å². The van der Waals surface area contributed by atoms with Gasteiger partial charge < -0.3 is 5.11 Å². The van der Waals surface area contributed by atoms with Gasteiger partial charge in [-0.1, -0.05) is 43.5 Å². The van der Waals surface area contributed by atoms with E-state index in [9.17, 15) is 4.79 Å². The van der Waals surface area contributed by atoms with Gasteiger partial charge in [0.15, 0.2) is 0 Å². The van der Waals surface area contributed by atoms with Gasteiger partial charge in [0.2, 0.25) is 3.78 Å². The van der Waals surface area contributed by atoms with Crippen molar-refractivity contribution in [2.75, 3.05) is 5.33 Å². The van der Waals surface area contributed by atoms with Crippen LogP contribution in [0, 0.1) is 0 Å². The van der Waals surface area contributed by atoms with Crippen LogP contribution in [0.15, 0.2) is 0 Å². The number of alkyl halides is 3. The van der Waals surface area contributed by atoms with E-state index in [4.69, 9.17) is 16.7 Å². The smallest absolute Gasteiger partial charge is 0.336 e. The molecule has 0 aromatic carbocycles. The van der Waals surface area contributed by atoms with Crippen LogP contribution in [0.5, 0.6) is 0 Å². The summed E-state index contributed by atoms with van der Waals surface area (Å²) >= 11 is 11.0. The first-order chi connectivity index (χ1) is 3.50. The molecule has 1 N–H and O–H groups in total. The molecule has 0 rings (SSSR count). The van der Waals surface area contributed by atoms with Crippen molar-refractivity contribution in [2.45, 2.75) is 3.78 Å². The maximum absolute atomic E-state index is 10.0. The Morgan fingerprint density at radius 1 is 1.88 bits per heavy atom. The van der Waals surface area contributed by atoms with E-state index in [1.54, 1.807) is 0 Å². The van der Waals surface area contributed by atoms with E-state index in [0.717, 1.165) is 0 Å². The van der Waals surface area contributed by atoms with Crippen LogP contribution in [0.2, 0.25) is 0 Å². The summed E-state index contributed by atoms with van der Waals surface area (Å²) < 4.78 is -1.34. The Bertz CT molecular complexity index is 103. The van der Waals surface area contributed by atoms with Crippen LogP contribution in [0.25, 0.3) is 0 Å². The van der Waals surface area contributed by atoms with Gasteiger partial charge in [-0.25, -0.2) is 4.79 Å². The molecule has 0 radical (unpaired) electrons. The van der Waals surface area contributed by atoms with Crippen LogP contribution in [-0.4, -0.2) is 20.2 Å². The van der Waals surface area contributed by atoms with E-state index < -0.39 is 9.75 Å². The molecule has 0 saturated heterocycles.